The Morgan fingerprint density at radius 3 is 1.75 bits per heavy atom. The first-order valence-corrected chi connectivity index (χ1v) is 42.9. The van der Waals surface area contributed by atoms with E-state index in [2.05, 4.69) is 38.4 Å². The minimum atomic E-state index is -0.635. The average Bonchev–Trinajstić information content (AvgIpc) is 1.26. The molecule has 1 saturated heterocycles. The highest BCUT2D eigenvalue weighted by Gasteiger charge is 2.54. The molecular formula is C96H95Cl4FN6O13S2. The van der Waals surface area contributed by atoms with E-state index in [0.717, 1.165) is 68.5 Å². The molecule has 9 aromatic rings. The number of para-hydroxylation sites is 1. The van der Waals surface area contributed by atoms with E-state index in [1.165, 1.54) is 50.2 Å². The number of carbonyl (C=O) groups excluding carboxylic acids is 8. The number of carbonyl (C=O) groups is 8. The minimum absolute atomic E-state index is 0. The van der Waals surface area contributed by atoms with Gasteiger partial charge in [0.25, 0.3) is 0 Å². The fourth-order valence-electron chi connectivity index (χ4n) is 18.2. The first-order chi connectivity index (χ1) is 58.2. The third-order valence-corrected chi connectivity index (χ3v) is 26.6. The number of pyridine rings is 1. The van der Waals surface area contributed by atoms with E-state index >= 15 is 0 Å². The second-order valence-electron chi connectivity index (χ2n) is 30.7. The normalized spacial score (nSPS) is 22.0. The number of nitrogens with two attached hydrogens (primary N) is 1. The molecular weight excluding hydrogens is 1670 g/mol. The number of nitrogens with one attached hydrogen (secondary N) is 4. The molecule has 11 atom stereocenters. The van der Waals surface area contributed by atoms with Gasteiger partial charge in [-0.2, -0.15) is 11.3 Å². The molecule has 26 heteroatoms. The molecule has 3 aliphatic carbocycles. The van der Waals surface area contributed by atoms with Gasteiger partial charge in [0.15, 0.2) is 28.8 Å². The molecule has 7 heterocycles. The molecule has 2 fully saturated rings. The first kappa shape index (κ1) is 90.4. The van der Waals surface area contributed by atoms with E-state index in [9.17, 15) is 42.7 Å². The van der Waals surface area contributed by atoms with Crippen LogP contribution in [0.5, 0.6) is 11.5 Å². The van der Waals surface area contributed by atoms with Crippen LogP contribution in [0, 0.1) is 17.7 Å². The van der Waals surface area contributed by atoms with Crippen molar-refractivity contribution >= 4 is 127 Å². The molecule has 6 aromatic carbocycles. The number of methoxy groups -OCH3 is 4. The molecule has 19 nitrogen and oxygen atoms in total. The van der Waals surface area contributed by atoms with E-state index < -0.39 is 47.3 Å². The summed E-state index contributed by atoms with van der Waals surface area (Å²) in [5.41, 5.74) is 20.9. The number of fused-ring (bicyclic) bond motifs is 2. The maximum absolute atomic E-state index is 14.8. The molecule has 16 rings (SSSR count). The lowest BCUT2D eigenvalue weighted by molar-refractivity contribution is -0.151. The highest BCUT2D eigenvalue weighted by atomic mass is 35.5. The van der Waals surface area contributed by atoms with Gasteiger partial charge in [-0.15, -0.1) is 11.3 Å². The van der Waals surface area contributed by atoms with Gasteiger partial charge in [-0.3, -0.25) is 33.8 Å². The van der Waals surface area contributed by atoms with Gasteiger partial charge in [0, 0.05) is 139 Å². The largest absolute Gasteiger partial charge is 0.493 e. The predicted octanol–water partition coefficient (Wildman–Crippen LogP) is 20.4. The Bertz CT molecular complexity index is 5680. The van der Waals surface area contributed by atoms with Gasteiger partial charge in [-0.05, 0) is 189 Å². The number of nitrogen functional groups attached to an aromatic ring is 1. The van der Waals surface area contributed by atoms with Crippen LogP contribution in [0.15, 0.2) is 237 Å². The lowest BCUT2D eigenvalue weighted by Crippen LogP contribution is -2.61. The van der Waals surface area contributed by atoms with E-state index in [0.29, 0.717) is 125 Å². The molecule has 0 bridgehead atoms. The number of piperidine rings is 1. The van der Waals surface area contributed by atoms with Crippen LogP contribution in [0.1, 0.15) is 189 Å². The average molecular weight is 1770 g/mol. The van der Waals surface area contributed by atoms with Crippen molar-refractivity contribution in [1.29, 1.82) is 0 Å². The molecule has 11 unspecified atom stereocenters. The molecule has 1 saturated carbocycles. The van der Waals surface area contributed by atoms with Crippen molar-refractivity contribution in [3.05, 3.63) is 318 Å². The summed E-state index contributed by atoms with van der Waals surface area (Å²) < 4.78 is 41.4. The second kappa shape index (κ2) is 39.6. The van der Waals surface area contributed by atoms with Gasteiger partial charge in [0.2, 0.25) is 5.78 Å². The molecule has 0 spiro atoms. The number of aromatic nitrogens is 1. The summed E-state index contributed by atoms with van der Waals surface area (Å²) in [6.07, 6.45) is 6.67. The van der Waals surface area contributed by atoms with Crippen LogP contribution in [0.3, 0.4) is 0 Å². The molecule has 7 aliphatic rings. The molecule has 122 heavy (non-hydrogen) atoms. The fraction of sp³-hybridized carbons (Fsp3) is 0.302. The van der Waals surface area contributed by atoms with Crippen molar-refractivity contribution in [2.45, 2.75) is 141 Å². The van der Waals surface area contributed by atoms with Gasteiger partial charge >= 0.3 is 17.9 Å². The van der Waals surface area contributed by atoms with Gasteiger partial charge < -0.3 is 50.7 Å². The summed E-state index contributed by atoms with van der Waals surface area (Å²) in [5, 5.41) is 20.2. The van der Waals surface area contributed by atoms with Gasteiger partial charge in [-0.1, -0.05) is 145 Å². The van der Waals surface area contributed by atoms with Gasteiger partial charge in [0.1, 0.15) is 16.5 Å². The van der Waals surface area contributed by atoms with Crippen molar-refractivity contribution in [2.24, 2.45) is 11.8 Å². The van der Waals surface area contributed by atoms with E-state index in [1.54, 1.807) is 81.3 Å². The number of allylic oxidation sites excluding steroid dienone is 8. The van der Waals surface area contributed by atoms with Crippen LogP contribution in [-0.2, 0) is 47.8 Å². The molecule has 0 radical (unpaired) electrons. The Kier molecular flexibility index (Phi) is 29.3. The van der Waals surface area contributed by atoms with Crippen LogP contribution in [0.4, 0.5) is 15.1 Å². The Hall–Kier alpha value is -10.8. The number of rotatable bonds is 16. The van der Waals surface area contributed by atoms with Gasteiger partial charge in [-0.25, -0.2) is 14.0 Å². The van der Waals surface area contributed by atoms with Crippen LogP contribution < -0.4 is 36.5 Å². The summed E-state index contributed by atoms with van der Waals surface area (Å²) in [6.45, 7) is 11.1. The third kappa shape index (κ3) is 18.7. The minimum Gasteiger partial charge on any atom is -0.493 e. The van der Waals surface area contributed by atoms with E-state index in [-0.39, 0.29) is 78.1 Å². The number of halogens is 5. The highest BCUT2D eigenvalue weighted by molar-refractivity contribution is 7.19. The molecule has 6 N–H and O–H groups in total. The third-order valence-electron chi connectivity index (χ3n) is 23.5. The van der Waals surface area contributed by atoms with Crippen molar-refractivity contribution in [3.8, 4) is 11.5 Å². The summed E-state index contributed by atoms with van der Waals surface area (Å²) in [6, 6.07) is 47.3. The number of benzene rings is 6. The Balaban J connectivity index is 0.000000149. The number of esters is 3. The Morgan fingerprint density at radius 1 is 0.590 bits per heavy atom. The maximum atomic E-state index is 14.8. The smallest absolute Gasteiger partial charge is 0.336 e. The fourth-order valence-corrected chi connectivity index (χ4v) is 20.6. The van der Waals surface area contributed by atoms with E-state index in [1.807, 2.05) is 136 Å². The zero-order valence-electron chi connectivity index (χ0n) is 68.2. The predicted molar refractivity (Wildman–Crippen MR) is 477 cm³/mol. The van der Waals surface area contributed by atoms with Crippen molar-refractivity contribution in [1.82, 2.24) is 20.9 Å². The maximum Gasteiger partial charge on any atom is 0.336 e. The number of thiophene rings is 2. The van der Waals surface area contributed by atoms with Crippen molar-refractivity contribution in [2.75, 3.05) is 46.1 Å². The van der Waals surface area contributed by atoms with Crippen LogP contribution >= 0.6 is 69.1 Å². The lowest BCUT2D eigenvalue weighted by atomic mass is 9.61. The van der Waals surface area contributed by atoms with Crippen molar-refractivity contribution in [3.63, 3.8) is 0 Å². The number of nitrogens with zero attached hydrogens (tertiary/aromatic N) is 1. The first-order valence-electron chi connectivity index (χ1n) is 39.6. The number of hydrogen-bond donors (Lipinski definition) is 5. The lowest BCUT2D eigenvalue weighted by Gasteiger charge is -2.49. The van der Waals surface area contributed by atoms with Gasteiger partial charge in [0.05, 0.1) is 78.8 Å². The number of anilines is 2. The monoisotopic (exact) mass is 1760 g/mol. The summed E-state index contributed by atoms with van der Waals surface area (Å²) in [7, 11) is 5.77. The Labute approximate surface area is 737 Å². The summed E-state index contributed by atoms with van der Waals surface area (Å²) >= 11 is 27.0. The summed E-state index contributed by atoms with van der Waals surface area (Å²) in [4.78, 5) is 109. The van der Waals surface area contributed by atoms with Crippen LogP contribution in [0.25, 0.3) is 0 Å². The number of ether oxygens (including phenoxy) is 5. The zero-order chi connectivity index (χ0) is 86.4. The topological polar surface area (TPSA) is 270 Å². The zero-order valence-corrected chi connectivity index (χ0v) is 72.8. The molecule has 4 aliphatic heterocycles. The summed E-state index contributed by atoms with van der Waals surface area (Å²) in [5.74, 6) is -3.66. The van der Waals surface area contributed by atoms with Crippen molar-refractivity contribution < 1.29 is 66.4 Å². The number of hydrogen-bond acceptors (Lipinski definition) is 21. The standard InChI is InChI=1S/C26H26ClNO5.C24H25ClFNO3.C23H23NO3S.C22H17Cl2N3O2S.CH4/c1-14-22(26(30)33-4)23(18-6-5-7-21(31-2)25(18)32-3)24-19(28-14)12-16(13-20(24)29)15-8-10-17(27)11-9-15;1-13-21(24(29)30-2)22(17-5-3-4-6-18(17)26)23-19(27-13)11-15(12-20(23)28)14-7-9-16(25)10-8-14;1-3-27-23(26)20-14(2)24-18-11-17(15-7-5-4-6-8-15)12-19(25)22(18)21(20)16-9-10-28-13-16;1-10-16(11(2)28)17(13-4-3-7-26-9-13)18-19(25)21(30-22(18)27-10)20(29)12-5-6-14(23)15(24)8-12;/h5-11,16,23,28H,12-13H2,1-4H3;3-10,13,15,19,21-23,27H,11-12H2,1-2H3;4-10,13,17,21,24H,3,11-12H2,1-2H3;3-9,17,27H,25H2,1-2H3;1H4. The highest BCUT2D eigenvalue weighted by Crippen LogP contribution is 2.54. The Morgan fingerprint density at radius 2 is 1.18 bits per heavy atom. The molecule has 634 valence electrons. The number of dihydropyridines is 2. The van der Waals surface area contributed by atoms with E-state index in [4.69, 9.17) is 75.8 Å². The number of ketones is 5. The molecule has 3 aromatic heterocycles. The SMILES string of the molecule is C.CC(=O)C1=C(C)Nc2sc(C(=O)c3ccc(Cl)c(Cl)c3)c(N)c2C1c1cccnc1.CCOC(=O)C1=C(C)NC2=C(C(=O)CC(c3ccccc3)C2)C1c1ccsc1.COC(=O)C1=C(C)NC2=C(C(=O)CC(c3ccc(Cl)cc3)C2)C1c1cccc(OC)c1OC.COC(=O)C1C(C)NC2CC(c3ccc(Cl)cc3)CC(=O)C2C1c1ccccc1F. The van der Waals surface area contributed by atoms with Crippen LogP contribution in [-0.4, -0.2) is 98.9 Å². The molecule has 0 amide bonds. The second-order valence-corrected chi connectivity index (χ2v) is 34.2. The van der Waals surface area contributed by atoms with Crippen LogP contribution in [0.2, 0.25) is 20.1 Å². The quantitative estimate of drug-likeness (QED) is 0.0342. The number of Topliss-reactive ketones (excluding diaryl/α,β-unsaturated/α-hetero) is 4.